The Morgan fingerprint density at radius 2 is 2.25 bits per heavy atom. The molecule has 1 aromatic rings. The van der Waals surface area contributed by atoms with Crippen LogP contribution in [-0.2, 0) is 0 Å². The van der Waals surface area contributed by atoms with Crippen LogP contribution in [0.15, 0.2) is 23.2 Å². The zero-order chi connectivity index (χ0) is 11.7. The summed E-state index contributed by atoms with van der Waals surface area (Å²) in [6, 6.07) is 5.20. The number of hydrogen-bond donors (Lipinski definition) is 0. The van der Waals surface area contributed by atoms with Crippen LogP contribution >= 0.6 is 23.4 Å². The van der Waals surface area contributed by atoms with Crippen molar-refractivity contribution in [3.8, 4) is 0 Å². The first-order chi connectivity index (χ1) is 7.61. The molecule has 0 aromatic heterocycles. The molecule has 0 radical (unpaired) electrons. The Kier molecular flexibility index (Phi) is 3.21. The number of amides is 1. The van der Waals surface area contributed by atoms with E-state index >= 15 is 0 Å². The molecular weight excluding hydrogens is 244 g/mol. The summed E-state index contributed by atoms with van der Waals surface area (Å²) in [6.45, 7) is 0.548. The molecule has 3 nitrogen and oxygen atoms in total. The second kappa shape index (κ2) is 4.47. The van der Waals surface area contributed by atoms with Crippen molar-refractivity contribution in [2.24, 2.45) is 4.99 Å². The lowest BCUT2D eigenvalue weighted by Gasteiger charge is -2.14. The summed E-state index contributed by atoms with van der Waals surface area (Å²) >= 11 is 7.44. The van der Waals surface area contributed by atoms with Gasteiger partial charge < -0.3 is 4.90 Å². The number of benzene rings is 1. The molecule has 5 heteroatoms. The highest BCUT2D eigenvalue weighted by Crippen LogP contribution is 2.28. The number of carbonyl (C=O) groups is 1. The molecule has 1 amide bonds. The fourth-order valence-electron chi connectivity index (χ4n) is 1.54. The maximum Gasteiger partial charge on any atom is 0.256 e. The lowest BCUT2D eigenvalue weighted by Crippen LogP contribution is -2.29. The van der Waals surface area contributed by atoms with Crippen LogP contribution < -0.4 is 0 Å². The maximum absolute atomic E-state index is 12.0. The Morgan fingerprint density at radius 3 is 2.94 bits per heavy atom. The van der Waals surface area contributed by atoms with E-state index in [4.69, 9.17) is 11.6 Å². The van der Waals surface area contributed by atoms with Crippen LogP contribution in [-0.4, -0.2) is 35.7 Å². The Balaban J connectivity index is 2.57. The molecule has 2 rings (SSSR count). The fourth-order valence-corrected chi connectivity index (χ4v) is 2.22. The van der Waals surface area contributed by atoms with Gasteiger partial charge in [0.05, 0.1) is 22.8 Å². The zero-order valence-corrected chi connectivity index (χ0v) is 10.6. The van der Waals surface area contributed by atoms with E-state index in [-0.39, 0.29) is 5.91 Å². The summed E-state index contributed by atoms with van der Waals surface area (Å²) in [6.07, 6.45) is 1.96. The molecule has 1 aliphatic rings. The van der Waals surface area contributed by atoms with Gasteiger partial charge in [-0.2, -0.15) is 0 Å². The average molecular weight is 255 g/mol. The third kappa shape index (κ3) is 2.08. The van der Waals surface area contributed by atoms with Crippen molar-refractivity contribution in [3.63, 3.8) is 0 Å². The molecule has 0 aliphatic carbocycles. The molecular formula is C11H11ClN2OS. The number of carbonyl (C=O) groups excluding carboxylic acids is 1. The summed E-state index contributed by atoms with van der Waals surface area (Å²) in [4.78, 5) is 18.1. The molecule has 0 N–H and O–H groups in total. The summed E-state index contributed by atoms with van der Waals surface area (Å²) < 4.78 is 0. The Hall–Kier alpha value is -1.00. The minimum absolute atomic E-state index is 0.0368. The van der Waals surface area contributed by atoms with Crippen molar-refractivity contribution in [2.75, 3.05) is 19.8 Å². The predicted molar refractivity (Wildman–Crippen MR) is 69.0 cm³/mol. The topological polar surface area (TPSA) is 32.7 Å². The average Bonchev–Trinajstić information content (AvgIpc) is 2.39. The minimum atomic E-state index is -0.0368. The van der Waals surface area contributed by atoms with Gasteiger partial charge in [0.25, 0.3) is 5.91 Å². The van der Waals surface area contributed by atoms with E-state index in [1.165, 1.54) is 0 Å². The first-order valence-electron chi connectivity index (χ1n) is 4.78. The monoisotopic (exact) mass is 254 g/mol. The summed E-state index contributed by atoms with van der Waals surface area (Å²) in [5.41, 5.74) is 1.27. The zero-order valence-electron chi connectivity index (χ0n) is 9.03. The third-order valence-electron chi connectivity index (χ3n) is 2.39. The molecule has 0 saturated heterocycles. The first-order valence-corrected chi connectivity index (χ1v) is 6.38. The van der Waals surface area contributed by atoms with Gasteiger partial charge in [-0.15, -0.1) is 11.8 Å². The van der Waals surface area contributed by atoms with Crippen LogP contribution in [0, 0.1) is 0 Å². The molecule has 0 spiro atoms. The largest absolute Gasteiger partial charge is 0.335 e. The highest BCUT2D eigenvalue weighted by molar-refractivity contribution is 8.13. The minimum Gasteiger partial charge on any atom is -0.335 e. The lowest BCUT2D eigenvalue weighted by molar-refractivity contribution is 0.0818. The number of rotatable bonds is 0. The Bertz CT molecular complexity index is 473. The van der Waals surface area contributed by atoms with Gasteiger partial charge in [-0.3, -0.25) is 4.79 Å². The molecule has 0 fully saturated rings. The number of halogens is 1. The van der Waals surface area contributed by atoms with Crippen LogP contribution in [0.3, 0.4) is 0 Å². The number of aliphatic imine (C=N–C) groups is 1. The molecule has 0 unspecified atom stereocenters. The summed E-state index contributed by atoms with van der Waals surface area (Å²) in [5.74, 6) is -0.0368. The van der Waals surface area contributed by atoms with Crippen LogP contribution in [0.2, 0.25) is 5.02 Å². The van der Waals surface area contributed by atoms with Crippen LogP contribution in [0.25, 0.3) is 0 Å². The van der Waals surface area contributed by atoms with Crippen LogP contribution in [0.4, 0.5) is 5.69 Å². The van der Waals surface area contributed by atoms with E-state index in [1.54, 1.807) is 41.9 Å². The van der Waals surface area contributed by atoms with E-state index in [0.717, 1.165) is 5.04 Å². The molecule has 1 heterocycles. The number of hydrogen-bond acceptors (Lipinski definition) is 3. The number of thioether (sulfide) groups is 1. The van der Waals surface area contributed by atoms with Gasteiger partial charge in [0.2, 0.25) is 0 Å². The standard InChI is InChI=1S/C11H11ClN2OS/c1-14-6-10(16-2)13-9-4-3-7(12)5-8(9)11(14)15/h3-5H,6H2,1-2H3. The van der Waals surface area contributed by atoms with Crippen LogP contribution in [0.5, 0.6) is 0 Å². The smallest absolute Gasteiger partial charge is 0.256 e. The van der Waals surface area contributed by atoms with Crippen molar-refractivity contribution in [1.29, 1.82) is 0 Å². The molecule has 0 saturated carbocycles. The Morgan fingerprint density at radius 1 is 1.50 bits per heavy atom. The Labute approximate surface area is 103 Å². The van der Waals surface area contributed by atoms with Gasteiger partial charge in [0.1, 0.15) is 0 Å². The van der Waals surface area contributed by atoms with Crippen molar-refractivity contribution in [1.82, 2.24) is 4.90 Å². The first kappa shape index (κ1) is 11.5. The van der Waals surface area contributed by atoms with E-state index in [1.807, 2.05) is 6.26 Å². The number of nitrogens with zero attached hydrogens (tertiary/aromatic N) is 2. The molecule has 0 atom stereocenters. The lowest BCUT2D eigenvalue weighted by atomic mass is 10.1. The number of fused-ring (bicyclic) bond motifs is 1. The molecule has 16 heavy (non-hydrogen) atoms. The van der Waals surface area contributed by atoms with Crippen molar-refractivity contribution < 1.29 is 4.79 Å². The van der Waals surface area contributed by atoms with Gasteiger partial charge in [-0.25, -0.2) is 4.99 Å². The molecule has 1 aromatic carbocycles. The molecule has 84 valence electrons. The maximum atomic E-state index is 12.0. The van der Waals surface area contributed by atoms with Crippen molar-refractivity contribution in [2.45, 2.75) is 0 Å². The van der Waals surface area contributed by atoms with Crippen molar-refractivity contribution >= 4 is 40.0 Å². The summed E-state index contributed by atoms with van der Waals surface area (Å²) in [7, 11) is 1.77. The van der Waals surface area contributed by atoms with Gasteiger partial charge in [-0.05, 0) is 24.5 Å². The fraction of sp³-hybridized carbons (Fsp3) is 0.273. The van der Waals surface area contributed by atoms with Gasteiger partial charge >= 0.3 is 0 Å². The second-order valence-corrected chi connectivity index (χ2v) is 4.85. The van der Waals surface area contributed by atoms with Gasteiger partial charge in [-0.1, -0.05) is 11.6 Å². The van der Waals surface area contributed by atoms with E-state index in [2.05, 4.69) is 4.99 Å². The van der Waals surface area contributed by atoms with Gasteiger partial charge in [0.15, 0.2) is 0 Å². The highest BCUT2D eigenvalue weighted by Gasteiger charge is 2.21. The SMILES string of the molecule is CSC1=Nc2ccc(Cl)cc2C(=O)N(C)C1. The van der Waals surface area contributed by atoms with Gasteiger partial charge in [0, 0.05) is 12.1 Å². The van der Waals surface area contributed by atoms with E-state index in [9.17, 15) is 4.79 Å². The predicted octanol–water partition coefficient (Wildman–Crippen LogP) is 2.82. The highest BCUT2D eigenvalue weighted by atomic mass is 35.5. The third-order valence-corrected chi connectivity index (χ3v) is 3.32. The van der Waals surface area contributed by atoms with E-state index < -0.39 is 0 Å². The second-order valence-electron chi connectivity index (χ2n) is 3.53. The van der Waals surface area contributed by atoms with E-state index in [0.29, 0.717) is 22.8 Å². The molecule has 0 bridgehead atoms. The van der Waals surface area contributed by atoms with Crippen molar-refractivity contribution in [3.05, 3.63) is 28.8 Å². The molecule has 1 aliphatic heterocycles. The quantitative estimate of drug-likeness (QED) is 0.713. The normalized spacial score (nSPS) is 15.6. The van der Waals surface area contributed by atoms with Crippen LogP contribution in [0.1, 0.15) is 10.4 Å². The summed E-state index contributed by atoms with van der Waals surface area (Å²) in [5, 5.41) is 1.49.